The molecule has 1 aromatic carbocycles. The molecule has 6 heteroatoms. The zero-order valence-electron chi connectivity index (χ0n) is 8.59. The lowest BCUT2D eigenvalue weighted by Gasteiger charge is -2.04. The van der Waals surface area contributed by atoms with Crippen molar-refractivity contribution in [2.75, 3.05) is 5.73 Å². The van der Waals surface area contributed by atoms with Gasteiger partial charge in [-0.3, -0.25) is 4.98 Å². The third kappa shape index (κ3) is 2.46. The number of nitriles is 1. The normalized spacial score (nSPS) is 9.65. The van der Waals surface area contributed by atoms with Crippen molar-refractivity contribution in [2.45, 2.75) is 0 Å². The van der Waals surface area contributed by atoms with Crippen LogP contribution in [0.3, 0.4) is 0 Å². The highest BCUT2D eigenvalue weighted by atomic mass is 19.1. The number of aromatic nitrogens is 2. The van der Waals surface area contributed by atoms with Crippen LogP contribution in [0.4, 0.5) is 10.2 Å². The summed E-state index contributed by atoms with van der Waals surface area (Å²) in [5.74, 6) is -0.0611. The molecule has 0 aliphatic carbocycles. The summed E-state index contributed by atoms with van der Waals surface area (Å²) < 4.78 is 18.5. The molecule has 1 aromatic heterocycles. The first kappa shape index (κ1) is 10.8. The predicted octanol–water partition coefficient (Wildman–Crippen LogP) is 1.86. The van der Waals surface area contributed by atoms with Gasteiger partial charge in [0.1, 0.15) is 23.5 Å². The first-order chi connectivity index (χ1) is 8.19. The van der Waals surface area contributed by atoms with Crippen molar-refractivity contribution < 1.29 is 9.13 Å². The Balaban J connectivity index is 2.25. The van der Waals surface area contributed by atoms with Crippen molar-refractivity contribution in [2.24, 2.45) is 0 Å². The van der Waals surface area contributed by atoms with E-state index < -0.39 is 5.82 Å². The standard InChI is InChI=1S/C11H7FN4O/c12-9-3-8(2-1-7(9)4-13)17-11-6-15-5-10(14)16-11/h1-3,5-6H,(H2,14,16). The molecule has 0 saturated heterocycles. The smallest absolute Gasteiger partial charge is 0.239 e. The van der Waals surface area contributed by atoms with E-state index in [1.54, 1.807) is 6.07 Å². The van der Waals surface area contributed by atoms with E-state index >= 15 is 0 Å². The maximum Gasteiger partial charge on any atom is 0.239 e. The molecule has 0 atom stereocenters. The molecule has 0 radical (unpaired) electrons. The lowest BCUT2D eigenvalue weighted by molar-refractivity contribution is 0.456. The van der Waals surface area contributed by atoms with Crippen molar-refractivity contribution in [3.8, 4) is 17.7 Å². The van der Waals surface area contributed by atoms with E-state index in [-0.39, 0.29) is 23.0 Å². The summed E-state index contributed by atoms with van der Waals surface area (Å²) in [7, 11) is 0. The number of hydrogen-bond acceptors (Lipinski definition) is 5. The quantitative estimate of drug-likeness (QED) is 0.851. The molecular formula is C11H7FN4O. The minimum Gasteiger partial charge on any atom is -0.437 e. The SMILES string of the molecule is N#Cc1ccc(Oc2cncc(N)n2)cc1F. The van der Waals surface area contributed by atoms with Gasteiger partial charge in [0.25, 0.3) is 0 Å². The fourth-order valence-electron chi connectivity index (χ4n) is 1.18. The van der Waals surface area contributed by atoms with Gasteiger partial charge in [0, 0.05) is 6.07 Å². The van der Waals surface area contributed by atoms with E-state index in [0.29, 0.717) is 0 Å². The number of ether oxygens (including phenoxy) is 1. The Labute approximate surface area is 96.3 Å². The van der Waals surface area contributed by atoms with Crippen molar-refractivity contribution in [3.05, 3.63) is 42.0 Å². The Morgan fingerprint density at radius 3 is 2.82 bits per heavy atom. The van der Waals surface area contributed by atoms with Crippen LogP contribution in [-0.2, 0) is 0 Å². The van der Waals surface area contributed by atoms with Gasteiger partial charge in [-0.25, -0.2) is 4.39 Å². The summed E-state index contributed by atoms with van der Waals surface area (Å²) in [6, 6.07) is 5.61. The summed E-state index contributed by atoms with van der Waals surface area (Å²) >= 11 is 0. The van der Waals surface area contributed by atoms with E-state index in [9.17, 15) is 4.39 Å². The summed E-state index contributed by atoms with van der Waals surface area (Å²) in [6.45, 7) is 0. The summed E-state index contributed by atoms with van der Waals surface area (Å²) in [5, 5.41) is 8.57. The molecule has 0 spiro atoms. The summed E-state index contributed by atoms with van der Waals surface area (Å²) in [6.07, 6.45) is 2.72. The maximum absolute atomic E-state index is 13.3. The van der Waals surface area contributed by atoms with Gasteiger partial charge >= 0.3 is 0 Å². The van der Waals surface area contributed by atoms with Crippen LogP contribution < -0.4 is 10.5 Å². The van der Waals surface area contributed by atoms with Gasteiger partial charge in [-0.1, -0.05) is 0 Å². The van der Waals surface area contributed by atoms with Crippen LogP contribution in [0, 0.1) is 17.1 Å². The van der Waals surface area contributed by atoms with Crippen molar-refractivity contribution in [3.63, 3.8) is 0 Å². The van der Waals surface area contributed by atoms with Crippen LogP contribution in [0.2, 0.25) is 0 Å². The van der Waals surface area contributed by atoms with E-state index in [4.69, 9.17) is 15.7 Å². The highest BCUT2D eigenvalue weighted by molar-refractivity contribution is 5.38. The minimum absolute atomic E-state index is 0.0454. The Kier molecular flexibility index (Phi) is 2.83. The Bertz CT molecular complexity index is 594. The van der Waals surface area contributed by atoms with E-state index in [2.05, 4.69) is 9.97 Å². The molecule has 1 heterocycles. The monoisotopic (exact) mass is 230 g/mol. The molecule has 0 amide bonds. The second-order valence-corrected chi connectivity index (χ2v) is 3.14. The largest absolute Gasteiger partial charge is 0.437 e. The second-order valence-electron chi connectivity index (χ2n) is 3.14. The summed E-state index contributed by atoms with van der Waals surface area (Å²) in [5.41, 5.74) is 5.37. The van der Waals surface area contributed by atoms with Gasteiger partial charge in [-0.15, -0.1) is 0 Å². The number of anilines is 1. The number of nitrogens with zero attached hydrogens (tertiary/aromatic N) is 3. The van der Waals surface area contributed by atoms with E-state index in [1.165, 1.54) is 24.5 Å². The number of hydrogen-bond donors (Lipinski definition) is 1. The minimum atomic E-state index is -0.651. The van der Waals surface area contributed by atoms with Crippen LogP contribution in [0.25, 0.3) is 0 Å². The molecule has 0 fully saturated rings. The lowest BCUT2D eigenvalue weighted by Crippen LogP contribution is -1.95. The number of benzene rings is 1. The number of rotatable bonds is 2. The Morgan fingerprint density at radius 1 is 1.35 bits per heavy atom. The molecule has 0 saturated carbocycles. The van der Waals surface area contributed by atoms with Crippen molar-refractivity contribution in [1.82, 2.24) is 9.97 Å². The summed E-state index contributed by atoms with van der Waals surface area (Å²) in [4.78, 5) is 7.62. The topological polar surface area (TPSA) is 84.8 Å². The van der Waals surface area contributed by atoms with Crippen LogP contribution in [0.15, 0.2) is 30.6 Å². The molecule has 2 rings (SSSR count). The Morgan fingerprint density at radius 2 is 2.18 bits per heavy atom. The molecule has 0 unspecified atom stereocenters. The third-order valence-corrected chi connectivity index (χ3v) is 1.91. The average Bonchev–Trinajstić information content (AvgIpc) is 2.29. The molecule has 84 valence electrons. The molecule has 2 N–H and O–H groups in total. The second kappa shape index (κ2) is 4.45. The van der Waals surface area contributed by atoms with Gasteiger partial charge in [0.15, 0.2) is 0 Å². The first-order valence-corrected chi connectivity index (χ1v) is 4.64. The molecule has 0 bridgehead atoms. The van der Waals surface area contributed by atoms with Gasteiger partial charge in [0.2, 0.25) is 5.88 Å². The van der Waals surface area contributed by atoms with Gasteiger partial charge in [0.05, 0.1) is 18.0 Å². The number of halogens is 1. The molecular weight excluding hydrogens is 223 g/mol. The van der Waals surface area contributed by atoms with E-state index in [1.807, 2.05) is 0 Å². The fourth-order valence-corrected chi connectivity index (χ4v) is 1.18. The zero-order chi connectivity index (χ0) is 12.3. The van der Waals surface area contributed by atoms with Crippen LogP contribution in [0.1, 0.15) is 5.56 Å². The van der Waals surface area contributed by atoms with Crippen LogP contribution >= 0.6 is 0 Å². The number of nitrogens with two attached hydrogens (primary N) is 1. The van der Waals surface area contributed by atoms with Crippen LogP contribution in [-0.4, -0.2) is 9.97 Å². The van der Waals surface area contributed by atoms with Crippen molar-refractivity contribution in [1.29, 1.82) is 5.26 Å². The maximum atomic E-state index is 13.3. The fraction of sp³-hybridized carbons (Fsp3) is 0. The molecule has 5 nitrogen and oxygen atoms in total. The zero-order valence-corrected chi connectivity index (χ0v) is 8.59. The highest BCUT2D eigenvalue weighted by Gasteiger charge is 2.05. The van der Waals surface area contributed by atoms with Gasteiger partial charge < -0.3 is 10.5 Å². The molecule has 17 heavy (non-hydrogen) atoms. The molecule has 2 aromatic rings. The van der Waals surface area contributed by atoms with Crippen LogP contribution in [0.5, 0.6) is 11.6 Å². The third-order valence-electron chi connectivity index (χ3n) is 1.91. The molecule has 0 aliphatic rings. The van der Waals surface area contributed by atoms with Crippen molar-refractivity contribution >= 4 is 5.82 Å². The van der Waals surface area contributed by atoms with Gasteiger partial charge in [-0.05, 0) is 12.1 Å². The predicted molar refractivity (Wildman–Crippen MR) is 57.6 cm³/mol. The van der Waals surface area contributed by atoms with E-state index in [0.717, 1.165) is 6.07 Å². The Hall–Kier alpha value is -2.68. The highest BCUT2D eigenvalue weighted by Crippen LogP contribution is 2.21. The lowest BCUT2D eigenvalue weighted by atomic mass is 10.2. The molecule has 0 aliphatic heterocycles. The number of nitrogen functional groups attached to an aromatic ring is 1. The van der Waals surface area contributed by atoms with Gasteiger partial charge in [-0.2, -0.15) is 10.2 Å². The first-order valence-electron chi connectivity index (χ1n) is 4.64. The average molecular weight is 230 g/mol.